The summed E-state index contributed by atoms with van der Waals surface area (Å²) in [5.41, 5.74) is 6.31. The van der Waals surface area contributed by atoms with E-state index in [0.717, 1.165) is 17.9 Å². The van der Waals surface area contributed by atoms with Crippen LogP contribution in [0.3, 0.4) is 0 Å². The van der Waals surface area contributed by atoms with Crippen LogP contribution in [-0.4, -0.2) is 30.1 Å². The molecule has 98 valence electrons. The highest BCUT2D eigenvalue weighted by atomic mass is 15.2. The smallest absolute Gasteiger partial charge is 0.0120 e. The third-order valence-electron chi connectivity index (χ3n) is 5.53. The van der Waals surface area contributed by atoms with E-state index in [1.807, 2.05) is 0 Å². The zero-order valence-electron chi connectivity index (χ0n) is 11.1. The molecule has 2 aliphatic carbocycles. The standard InChI is InChI=1S/C15H28N2/c16-15-12-8-9-13(15)11-17(10-12)14-6-4-2-1-3-5-7-14/h12-15H,1-11,16H2/t12-,13+,15?. The van der Waals surface area contributed by atoms with Crippen LogP contribution in [0.5, 0.6) is 0 Å². The first-order chi connectivity index (χ1) is 8.34. The molecule has 3 aliphatic rings. The molecule has 1 unspecified atom stereocenters. The first-order valence-corrected chi connectivity index (χ1v) is 7.84. The Balaban J connectivity index is 1.60. The molecule has 1 heterocycles. The van der Waals surface area contributed by atoms with Crippen molar-refractivity contribution in [3.63, 3.8) is 0 Å². The first-order valence-electron chi connectivity index (χ1n) is 7.84. The van der Waals surface area contributed by atoms with Crippen LogP contribution in [0.25, 0.3) is 0 Å². The average Bonchev–Trinajstić information content (AvgIpc) is 2.50. The molecule has 3 fully saturated rings. The maximum absolute atomic E-state index is 6.31. The third kappa shape index (κ3) is 2.53. The molecule has 2 heteroatoms. The Bertz CT molecular complexity index is 231. The van der Waals surface area contributed by atoms with E-state index >= 15 is 0 Å². The van der Waals surface area contributed by atoms with E-state index in [9.17, 15) is 0 Å². The molecule has 2 nitrogen and oxygen atoms in total. The number of nitrogens with zero attached hydrogens (tertiary/aromatic N) is 1. The molecule has 3 rings (SSSR count). The second-order valence-corrected chi connectivity index (χ2v) is 6.63. The number of likely N-dealkylation sites (tertiary alicyclic amines) is 1. The van der Waals surface area contributed by atoms with Crippen molar-refractivity contribution in [2.45, 2.75) is 69.9 Å². The summed E-state index contributed by atoms with van der Waals surface area (Å²) in [7, 11) is 0. The van der Waals surface area contributed by atoms with Crippen LogP contribution >= 0.6 is 0 Å². The van der Waals surface area contributed by atoms with Crippen LogP contribution in [-0.2, 0) is 0 Å². The fourth-order valence-electron chi connectivity index (χ4n) is 4.40. The van der Waals surface area contributed by atoms with E-state index in [4.69, 9.17) is 5.73 Å². The molecule has 0 spiro atoms. The summed E-state index contributed by atoms with van der Waals surface area (Å²) < 4.78 is 0. The van der Waals surface area contributed by atoms with E-state index < -0.39 is 0 Å². The van der Waals surface area contributed by atoms with Gasteiger partial charge >= 0.3 is 0 Å². The highest BCUT2D eigenvalue weighted by molar-refractivity contribution is 4.97. The minimum atomic E-state index is 0.528. The fourth-order valence-corrected chi connectivity index (χ4v) is 4.40. The van der Waals surface area contributed by atoms with Crippen LogP contribution in [0.2, 0.25) is 0 Å². The van der Waals surface area contributed by atoms with Gasteiger partial charge in [0.15, 0.2) is 0 Å². The lowest BCUT2D eigenvalue weighted by Gasteiger charge is -2.41. The number of nitrogens with two attached hydrogens (primary N) is 1. The zero-order valence-corrected chi connectivity index (χ0v) is 11.1. The number of hydrogen-bond donors (Lipinski definition) is 1. The minimum absolute atomic E-state index is 0.528. The maximum atomic E-state index is 6.31. The van der Waals surface area contributed by atoms with Gasteiger partial charge in [-0.2, -0.15) is 0 Å². The average molecular weight is 236 g/mol. The summed E-state index contributed by atoms with van der Waals surface area (Å²) in [6, 6.07) is 1.42. The number of hydrogen-bond acceptors (Lipinski definition) is 2. The highest BCUT2D eigenvalue weighted by Gasteiger charge is 2.41. The van der Waals surface area contributed by atoms with Gasteiger partial charge in [0.25, 0.3) is 0 Å². The Labute approximate surface area is 106 Å². The molecule has 17 heavy (non-hydrogen) atoms. The summed E-state index contributed by atoms with van der Waals surface area (Å²) >= 11 is 0. The van der Waals surface area contributed by atoms with Gasteiger partial charge in [-0.1, -0.05) is 32.1 Å². The predicted octanol–water partition coefficient (Wildman–Crippen LogP) is 2.77. The summed E-state index contributed by atoms with van der Waals surface area (Å²) in [4.78, 5) is 2.82. The molecule has 0 aromatic carbocycles. The van der Waals surface area contributed by atoms with Gasteiger partial charge in [0.05, 0.1) is 0 Å². The first kappa shape index (κ1) is 12.0. The van der Waals surface area contributed by atoms with Gasteiger partial charge in [0.1, 0.15) is 0 Å². The Morgan fingerprint density at radius 2 is 1.24 bits per heavy atom. The van der Waals surface area contributed by atoms with E-state index in [-0.39, 0.29) is 0 Å². The Hall–Kier alpha value is -0.0800. The molecule has 0 aromatic heterocycles. The predicted molar refractivity (Wildman–Crippen MR) is 71.9 cm³/mol. The highest BCUT2D eigenvalue weighted by Crippen LogP contribution is 2.37. The Morgan fingerprint density at radius 1 is 0.706 bits per heavy atom. The number of piperidine rings is 1. The van der Waals surface area contributed by atoms with Crippen LogP contribution in [0, 0.1) is 11.8 Å². The van der Waals surface area contributed by atoms with Gasteiger partial charge in [-0.15, -0.1) is 0 Å². The van der Waals surface area contributed by atoms with Crippen molar-refractivity contribution in [1.29, 1.82) is 0 Å². The van der Waals surface area contributed by atoms with Crippen molar-refractivity contribution < 1.29 is 0 Å². The van der Waals surface area contributed by atoms with E-state index in [1.54, 1.807) is 0 Å². The van der Waals surface area contributed by atoms with Gasteiger partial charge in [0.2, 0.25) is 0 Å². The lowest BCUT2D eigenvalue weighted by molar-refractivity contribution is 0.0865. The van der Waals surface area contributed by atoms with Crippen LogP contribution in [0.1, 0.15) is 57.8 Å². The van der Waals surface area contributed by atoms with E-state index in [2.05, 4.69) is 4.90 Å². The van der Waals surface area contributed by atoms with Crippen molar-refractivity contribution in [3.8, 4) is 0 Å². The molecule has 2 saturated carbocycles. The van der Waals surface area contributed by atoms with Crippen LogP contribution in [0.15, 0.2) is 0 Å². The van der Waals surface area contributed by atoms with Crippen LogP contribution in [0.4, 0.5) is 0 Å². The normalized spacial score (nSPS) is 41.1. The lowest BCUT2D eigenvalue weighted by Crippen LogP contribution is -2.52. The molecule has 2 bridgehead atoms. The van der Waals surface area contributed by atoms with Gasteiger partial charge in [-0.05, 0) is 37.5 Å². The second-order valence-electron chi connectivity index (χ2n) is 6.63. The van der Waals surface area contributed by atoms with Crippen molar-refractivity contribution in [1.82, 2.24) is 4.90 Å². The summed E-state index contributed by atoms with van der Waals surface area (Å²) in [5.74, 6) is 1.64. The Kier molecular flexibility index (Phi) is 3.72. The van der Waals surface area contributed by atoms with Crippen molar-refractivity contribution >= 4 is 0 Å². The van der Waals surface area contributed by atoms with Crippen molar-refractivity contribution in [2.75, 3.05) is 13.1 Å². The molecule has 1 aliphatic heterocycles. The molecule has 3 atom stereocenters. The molecule has 1 saturated heterocycles. The van der Waals surface area contributed by atoms with Crippen molar-refractivity contribution in [3.05, 3.63) is 0 Å². The fraction of sp³-hybridized carbons (Fsp3) is 1.00. The monoisotopic (exact) mass is 236 g/mol. The van der Waals surface area contributed by atoms with Gasteiger partial charge in [-0.3, -0.25) is 4.90 Å². The Morgan fingerprint density at radius 3 is 1.82 bits per heavy atom. The van der Waals surface area contributed by atoms with Gasteiger partial charge < -0.3 is 5.73 Å². The molecule has 0 amide bonds. The van der Waals surface area contributed by atoms with E-state index in [0.29, 0.717) is 6.04 Å². The summed E-state index contributed by atoms with van der Waals surface area (Å²) in [5, 5.41) is 0. The second kappa shape index (κ2) is 5.27. The van der Waals surface area contributed by atoms with Crippen LogP contribution < -0.4 is 5.73 Å². The maximum Gasteiger partial charge on any atom is 0.0120 e. The number of fused-ring (bicyclic) bond motifs is 2. The zero-order chi connectivity index (χ0) is 11.7. The quantitative estimate of drug-likeness (QED) is 0.758. The molecular weight excluding hydrogens is 208 g/mol. The third-order valence-corrected chi connectivity index (χ3v) is 5.53. The van der Waals surface area contributed by atoms with E-state index in [1.165, 1.54) is 70.9 Å². The number of rotatable bonds is 1. The molecule has 0 radical (unpaired) electrons. The van der Waals surface area contributed by atoms with Crippen molar-refractivity contribution in [2.24, 2.45) is 17.6 Å². The topological polar surface area (TPSA) is 29.3 Å². The van der Waals surface area contributed by atoms with Gasteiger partial charge in [-0.25, -0.2) is 0 Å². The lowest BCUT2D eigenvalue weighted by atomic mass is 9.89. The molecular formula is C15H28N2. The largest absolute Gasteiger partial charge is 0.327 e. The molecule has 2 N–H and O–H groups in total. The summed E-state index contributed by atoms with van der Waals surface area (Å²) in [6.07, 6.45) is 13.0. The molecule has 0 aromatic rings. The minimum Gasteiger partial charge on any atom is -0.327 e. The summed E-state index contributed by atoms with van der Waals surface area (Å²) in [6.45, 7) is 2.62. The van der Waals surface area contributed by atoms with Gasteiger partial charge in [0, 0.05) is 25.2 Å². The SMILES string of the molecule is NC1[C@@H]2CC[C@H]1CN(C1CCCCCCC1)C2.